The van der Waals surface area contributed by atoms with Crippen LogP contribution in [0.2, 0.25) is 5.02 Å². The molecular formula is C50H59ClN6O5. The zero-order chi connectivity index (χ0) is 43.4. The van der Waals surface area contributed by atoms with Crippen molar-refractivity contribution in [2.45, 2.75) is 114 Å². The molecule has 3 aliphatic carbocycles. The van der Waals surface area contributed by atoms with Gasteiger partial charge in [0.2, 0.25) is 5.91 Å². The number of carboxylic acids is 1. The summed E-state index contributed by atoms with van der Waals surface area (Å²) in [7, 11) is 1.84. The minimum Gasteiger partial charge on any atom is -0.494 e. The van der Waals surface area contributed by atoms with Gasteiger partial charge in [0.1, 0.15) is 22.7 Å². The van der Waals surface area contributed by atoms with Gasteiger partial charge < -0.3 is 25.2 Å². The third-order valence-corrected chi connectivity index (χ3v) is 14.0. The van der Waals surface area contributed by atoms with E-state index in [-0.39, 0.29) is 23.3 Å². The second-order valence-electron chi connectivity index (χ2n) is 18.2. The maximum absolute atomic E-state index is 13.1. The van der Waals surface area contributed by atoms with Crippen LogP contribution >= 0.6 is 11.6 Å². The maximum Gasteiger partial charge on any atom is 0.329 e. The Hall–Kier alpha value is -5.42. The third-order valence-electron chi connectivity index (χ3n) is 13.7. The fraction of sp³-hybridized carbons (Fsp3) is 0.460. The Kier molecular flexibility index (Phi) is 12.9. The van der Waals surface area contributed by atoms with Gasteiger partial charge in [0.05, 0.1) is 25.5 Å². The molecule has 1 amide bonds. The summed E-state index contributed by atoms with van der Waals surface area (Å²) in [4.78, 5) is 30.8. The van der Waals surface area contributed by atoms with Gasteiger partial charge in [0.15, 0.2) is 0 Å². The van der Waals surface area contributed by atoms with E-state index < -0.39 is 11.5 Å². The first-order chi connectivity index (χ1) is 29.9. The van der Waals surface area contributed by atoms with E-state index in [1.54, 1.807) is 16.8 Å². The first-order valence-electron chi connectivity index (χ1n) is 22.3. The smallest absolute Gasteiger partial charge is 0.329 e. The van der Waals surface area contributed by atoms with Gasteiger partial charge in [-0.2, -0.15) is 0 Å². The first-order valence-corrected chi connectivity index (χ1v) is 22.7. The Morgan fingerprint density at radius 3 is 2.61 bits per heavy atom. The van der Waals surface area contributed by atoms with Crippen molar-refractivity contribution in [3.05, 3.63) is 118 Å². The molecule has 2 aromatic heterocycles. The molecule has 3 aromatic carbocycles. The van der Waals surface area contributed by atoms with Gasteiger partial charge >= 0.3 is 5.97 Å². The zero-order valence-electron chi connectivity index (χ0n) is 36.3. The van der Waals surface area contributed by atoms with E-state index in [1.807, 2.05) is 74.9 Å². The average Bonchev–Trinajstić information content (AvgIpc) is 3.82. The van der Waals surface area contributed by atoms with Gasteiger partial charge in [-0.05, 0) is 153 Å². The lowest BCUT2D eigenvalue weighted by Gasteiger charge is -2.47. The lowest BCUT2D eigenvalue weighted by atomic mass is 9.59. The number of carbonyl (C=O) groups excluding carboxylic acids is 1. The third kappa shape index (κ3) is 9.33. The summed E-state index contributed by atoms with van der Waals surface area (Å²) < 4.78 is 14.6. The van der Waals surface area contributed by atoms with Crippen molar-refractivity contribution in [1.82, 2.24) is 25.3 Å². The molecule has 11 nitrogen and oxygen atoms in total. The van der Waals surface area contributed by atoms with Crippen LogP contribution in [0.5, 0.6) is 11.5 Å². The van der Waals surface area contributed by atoms with E-state index in [4.69, 9.17) is 21.1 Å². The second kappa shape index (κ2) is 18.5. The van der Waals surface area contributed by atoms with Crippen molar-refractivity contribution in [1.29, 1.82) is 0 Å². The molecule has 12 heteroatoms. The van der Waals surface area contributed by atoms with Crippen molar-refractivity contribution in [3.8, 4) is 22.8 Å². The Morgan fingerprint density at radius 1 is 1.02 bits per heavy atom. The molecule has 0 bridgehead atoms. The molecule has 1 fully saturated rings. The van der Waals surface area contributed by atoms with Gasteiger partial charge in [0.25, 0.3) is 0 Å². The number of aromatic nitrogens is 4. The van der Waals surface area contributed by atoms with Crippen LogP contribution in [0, 0.1) is 11.8 Å². The van der Waals surface area contributed by atoms with Crippen molar-refractivity contribution in [2.75, 3.05) is 18.5 Å². The number of nitrogens with one attached hydrogen (secondary N) is 2. The quantitative estimate of drug-likeness (QED) is 0.0828. The minimum absolute atomic E-state index is 0.0336. The summed E-state index contributed by atoms with van der Waals surface area (Å²) >= 11 is 6.32. The first kappa shape index (κ1) is 43.2. The molecule has 1 spiro atoms. The summed E-state index contributed by atoms with van der Waals surface area (Å²) in [5, 5.41) is 26.1. The molecule has 326 valence electrons. The molecule has 8 rings (SSSR count). The normalized spacial score (nSPS) is 22.6. The second-order valence-corrected chi connectivity index (χ2v) is 18.6. The Labute approximate surface area is 370 Å². The molecule has 1 unspecified atom stereocenters. The van der Waals surface area contributed by atoms with Crippen LogP contribution in [0.15, 0.2) is 85.2 Å². The molecule has 5 aromatic rings. The lowest BCUT2D eigenvalue weighted by Crippen LogP contribution is -2.53. The standard InChI is InChI=1S/C50H59ClN6O5/c1-32(31-62-45-18-23-52-43-14-5-9-33(2)47(43)45)25-38-27-36-16-17-41(29-42(36)49(38)19-21-50(22-20-49,48(59)60)54-40-13-7-12-39(51)28-40)61-24-8-15-46(58)53-34(3)35-10-6-11-37(26-35)44-30-57(4)56-55-44/h6-7,10-13,16-18,23,26,28-30,32-34,38,54H,5,8-9,14-15,19-22,24-25,27,31H2,1-4H3,(H,53,58)(H,59,60)/t32-,33-,34+,38?,49?,50?/m1/s1. The van der Waals surface area contributed by atoms with E-state index in [2.05, 4.69) is 51.9 Å². The SMILES string of the molecule is C[C@@H](COc1ccnc2c1[C@H](C)CCC2)CC1Cc2ccc(OCCCC(=O)N[C@@H](C)c3cccc(-c4cn(C)nn4)c3)cc2C12CCC(Nc1cccc(Cl)c1)(C(=O)O)CC2. The molecule has 0 saturated heterocycles. The predicted octanol–water partition coefficient (Wildman–Crippen LogP) is 10.0. The van der Waals surface area contributed by atoms with Crippen LogP contribution in [-0.2, 0) is 34.9 Å². The average molecular weight is 860 g/mol. The molecule has 0 radical (unpaired) electrons. The van der Waals surface area contributed by atoms with E-state index in [0.717, 1.165) is 73.3 Å². The largest absolute Gasteiger partial charge is 0.494 e. The lowest BCUT2D eigenvalue weighted by molar-refractivity contribution is -0.144. The Balaban J connectivity index is 0.937. The van der Waals surface area contributed by atoms with Crippen LogP contribution in [0.3, 0.4) is 0 Å². The molecule has 0 aliphatic heterocycles. The van der Waals surface area contributed by atoms with Crippen LogP contribution in [0.4, 0.5) is 5.69 Å². The number of amides is 1. The van der Waals surface area contributed by atoms with Crippen molar-refractivity contribution >= 4 is 29.2 Å². The molecule has 2 heterocycles. The maximum atomic E-state index is 13.1. The number of aliphatic carboxylic acids is 1. The zero-order valence-corrected chi connectivity index (χ0v) is 37.1. The Bertz CT molecular complexity index is 2390. The van der Waals surface area contributed by atoms with Crippen molar-refractivity contribution < 1.29 is 24.2 Å². The van der Waals surface area contributed by atoms with Crippen LogP contribution < -0.4 is 20.1 Å². The number of hydrogen-bond acceptors (Lipinski definition) is 8. The van der Waals surface area contributed by atoms with Crippen molar-refractivity contribution in [2.24, 2.45) is 18.9 Å². The fourth-order valence-corrected chi connectivity index (χ4v) is 10.6. The monoisotopic (exact) mass is 858 g/mol. The van der Waals surface area contributed by atoms with Gasteiger partial charge in [-0.1, -0.05) is 61.0 Å². The van der Waals surface area contributed by atoms with Crippen LogP contribution in [-0.4, -0.2) is 55.7 Å². The minimum atomic E-state index is -1.11. The Morgan fingerprint density at radius 2 is 1.84 bits per heavy atom. The number of anilines is 1. The molecule has 3 aliphatic rings. The van der Waals surface area contributed by atoms with Gasteiger partial charge in [-0.15, -0.1) is 5.10 Å². The van der Waals surface area contributed by atoms with Gasteiger partial charge in [0, 0.05) is 47.2 Å². The predicted molar refractivity (Wildman–Crippen MR) is 242 cm³/mol. The number of ether oxygens (including phenoxy) is 2. The topological polar surface area (TPSA) is 140 Å². The van der Waals surface area contributed by atoms with Gasteiger partial charge in [-0.25, -0.2) is 4.79 Å². The highest BCUT2D eigenvalue weighted by atomic mass is 35.5. The molecule has 62 heavy (non-hydrogen) atoms. The number of carboxylic acid groups (broad SMARTS) is 1. The van der Waals surface area contributed by atoms with Crippen LogP contribution in [0.25, 0.3) is 11.3 Å². The van der Waals surface area contributed by atoms with E-state index in [1.165, 1.54) is 22.4 Å². The molecular weight excluding hydrogens is 800 g/mol. The number of hydrogen-bond donors (Lipinski definition) is 3. The number of rotatable bonds is 16. The highest BCUT2D eigenvalue weighted by molar-refractivity contribution is 6.30. The number of nitrogens with zero attached hydrogens (tertiary/aromatic N) is 4. The highest BCUT2D eigenvalue weighted by Gasteiger charge is 2.54. The summed E-state index contributed by atoms with van der Waals surface area (Å²) in [6.45, 7) is 7.55. The van der Waals surface area contributed by atoms with Gasteiger partial charge in [-0.3, -0.25) is 14.5 Å². The highest BCUT2D eigenvalue weighted by Crippen LogP contribution is 2.57. The molecule has 4 atom stereocenters. The van der Waals surface area contributed by atoms with Crippen LogP contribution in [0.1, 0.15) is 118 Å². The molecule has 3 N–H and O–H groups in total. The van der Waals surface area contributed by atoms with E-state index in [9.17, 15) is 14.7 Å². The number of aryl methyl sites for hydroxylation is 2. The number of carbonyl (C=O) groups is 2. The molecule has 1 saturated carbocycles. The summed E-state index contributed by atoms with van der Waals surface area (Å²) in [6, 6.07) is 23.6. The fourth-order valence-electron chi connectivity index (χ4n) is 10.4. The van der Waals surface area contributed by atoms with E-state index in [0.29, 0.717) is 61.4 Å². The summed E-state index contributed by atoms with van der Waals surface area (Å²) in [6.07, 6.45) is 12.2. The number of fused-ring (bicyclic) bond motifs is 3. The number of pyridine rings is 1. The number of halogens is 1. The summed E-state index contributed by atoms with van der Waals surface area (Å²) in [5.74, 6) is 1.88. The van der Waals surface area contributed by atoms with Crippen molar-refractivity contribution in [3.63, 3.8) is 0 Å². The van der Waals surface area contributed by atoms with E-state index >= 15 is 0 Å². The summed E-state index contributed by atoms with van der Waals surface area (Å²) in [5.41, 5.74) is 7.12. The number of benzene rings is 3.